The summed E-state index contributed by atoms with van der Waals surface area (Å²) in [6.07, 6.45) is 1.65. The van der Waals surface area contributed by atoms with E-state index in [9.17, 15) is 4.79 Å². The number of benzene rings is 3. The predicted molar refractivity (Wildman–Crippen MR) is 139 cm³/mol. The Morgan fingerprint density at radius 3 is 2.38 bits per heavy atom. The van der Waals surface area contributed by atoms with Crippen LogP contribution in [0.1, 0.15) is 36.5 Å². The lowest BCUT2D eigenvalue weighted by Crippen LogP contribution is -2.20. The van der Waals surface area contributed by atoms with Gasteiger partial charge in [0, 0.05) is 11.3 Å². The number of aromatic nitrogens is 3. The third-order valence-corrected chi connectivity index (χ3v) is 6.22. The van der Waals surface area contributed by atoms with Crippen molar-refractivity contribution in [2.75, 3.05) is 5.75 Å². The quantitative estimate of drug-likeness (QED) is 0.207. The molecule has 0 radical (unpaired) electrons. The lowest BCUT2D eigenvalue weighted by molar-refractivity contribution is -0.118. The Morgan fingerprint density at radius 2 is 1.71 bits per heavy atom. The zero-order valence-electron chi connectivity index (χ0n) is 19.5. The summed E-state index contributed by atoms with van der Waals surface area (Å²) in [5.74, 6) is 1.17. The number of rotatable bonds is 8. The first-order valence-electron chi connectivity index (χ1n) is 11.1. The number of aryl methyl sites for hydroxylation is 1. The van der Waals surface area contributed by atoms with Gasteiger partial charge in [-0.05, 0) is 36.1 Å². The third-order valence-electron chi connectivity index (χ3n) is 5.30. The topological polar surface area (TPSA) is 72.2 Å². The van der Waals surface area contributed by atoms with Crippen molar-refractivity contribution in [2.24, 2.45) is 5.10 Å². The van der Waals surface area contributed by atoms with E-state index in [-0.39, 0.29) is 11.7 Å². The molecular formula is C27H27N5OS. The van der Waals surface area contributed by atoms with Crippen LogP contribution in [-0.4, -0.2) is 32.6 Å². The number of nitrogens with zero attached hydrogens (tertiary/aromatic N) is 4. The SMILES string of the molecule is Cc1ccc(-n2c(SCC(=O)N/N=C\c3ccc(C(C)C)cc3)nnc2-c2ccccc2)cc1. The van der Waals surface area contributed by atoms with E-state index in [4.69, 9.17) is 0 Å². The number of hydrogen-bond acceptors (Lipinski definition) is 5. The number of hydrogen-bond donors (Lipinski definition) is 1. The van der Waals surface area contributed by atoms with E-state index in [0.717, 1.165) is 22.6 Å². The molecule has 0 bridgehead atoms. The zero-order chi connectivity index (χ0) is 23.9. The lowest BCUT2D eigenvalue weighted by Gasteiger charge is -2.10. The molecule has 0 unspecified atom stereocenters. The van der Waals surface area contributed by atoms with Gasteiger partial charge in [0.15, 0.2) is 11.0 Å². The minimum Gasteiger partial charge on any atom is -0.272 e. The van der Waals surface area contributed by atoms with Gasteiger partial charge in [0.25, 0.3) is 5.91 Å². The molecule has 4 aromatic rings. The van der Waals surface area contributed by atoms with Crippen LogP contribution in [0.3, 0.4) is 0 Å². The van der Waals surface area contributed by atoms with Crippen LogP contribution in [0.25, 0.3) is 17.1 Å². The van der Waals surface area contributed by atoms with Gasteiger partial charge in [-0.15, -0.1) is 10.2 Å². The van der Waals surface area contributed by atoms with Gasteiger partial charge >= 0.3 is 0 Å². The highest BCUT2D eigenvalue weighted by atomic mass is 32.2. The molecular weight excluding hydrogens is 442 g/mol. The molecule has 1 N–H and O–H groups in total. The highest BCUT2D eigenvalue weighted by Gasteiger charge is 2.17. The molecule has 172 valence electrons. The molecule has 1 aromatic heterocycles. The summed E-state index contributed by atoms with van der Waals surface area (Å²) in [5, 5.41) is 13.5. The van der Waals surface area contributed by atoms with Crippen LogP contribution in [0.5, 0.6) is 0 Å². The van der Waals surface area contributed by atoms with Gasteiger partial charge in [-0.2, -0.15) is 5.10 Å². The zero-order valence-corrected chi connectivity index (χ0v) is 20.3. The smallest absolute Gasteiger partial charge is 0.250 e. The highest BCUT2D eigenvalue weighted by Crippen LogP contribution is 2.28. The summed E-state index contributed by atoms with van der Waals surface area (Å²) in [6, 6.07) is 26.2. The standard InChI is InChI=1S/C27H27N5OS/c1-19(2)22-13-11-21(12-14-22)17-28-29-25(33)18-34-27-31-30-26(23-7-5-4-6-8-23)32(27)24-15-9-20(3)10-16-24/h4-17,19H,18H2,1-3H3,(H,29,33)/b28-17-. The molecule has 0 atom stereocenters. The molecule has 7 heteroatoms. The Morgan fingerprint density at radius 1 is 1.00 bits per heavy atom. The van der Waals surface area contributed by atoms with Crippen molar-refractivity contribution in [2.45, 2.75) is 31.8 Å². The minimum atomic E-state index is -0.209. The van der Waals surface area contributed by atoms with Crippen LogP contribution in [0.15, 0.2) is 89.1 Å². The molecule has 6 nitrogen and oxygen atoms in total. The maximum Gasteiger partial charge on any atom is 0.250 e. The van der Waals surface area contributed by atoms with Gasteiger partial charge in [0.05, 0.1) is 12.0 Å². The van der Waals surface area contributed by atoms with Crippen molar-refractivity contribution >= 4 is 23.9 Å². The first-order valence-corrected chi connectivity index (χ1v) is 12.1. The second-order valence-corrected chi connectivity index (χ2v) is 9.19. The Hall–Kier alpha value is -3.71. The number of hydrazone groups is 1. The average molecular weight is 470 g/mol. The number of thioether (sulfide) groups is 1. The molecule has 0 saturated carbocycles. The van der Waals surface area contributed by atoms with E-state index < -0.39 is 0 Å². The minimum absolute atomic E-state index is 0.169. The molecule has 4 rings (SSSR count). The van der Waals surface area contributed by atoms with Crippen LogP contribution in [0, 0.1) is 6.92 Å². The fourth-order valence-electron chi connectivity index (χ4n) is 3.37. The number of amides is 1. The summed E-state index contributed by atoms with van der Waals surface area (Å²) in [6.45, 7) is 6.36. The molecule has 0 fully saturated rings. The Labute approximate surface area is 204 Å². The Bertz CT molecular complexity index is 1260. The summed E-state index contributed by atoms with van der Waals surface area (Å²) in [4.78, 5) is 12.4. The molecule has 0 aliphatic carbocycles. The Balaban J connectivity index is 1.45. The van der Waals surface area contributed by atoms with Crippen molar-refractivity contribution in [3.8, 4) is 17.1 Å². The maximum absolute atomic E-state index is 12.4. The number of carbonyl (C=O) groups excluding carboxylic acids is 1. The van der Waals surface area contributed by atoms with E-state index in [1.54, 1.807) is 6.21 Å². The lowest BCUT2D eigenvalue weighted by atomic mass is 10.0. The first-order chi connectivity index (χ1) is 16.5. The molecule has 0 spiro atoms. The van der Waals surface area contributed by atoms with Gasteiger partial charge in [0.2, 0.25) is 0 Å². The van der Waals surface area contributed by atoms with Crippen LogP contribution in [0.2, 0.25) is 0 Å². The predicted octanol–water partition coefficient (Wildman–Crippen LogP) is 5.61. The summed E-state index contributed by atoms with van der Waals surface area (Å²) < 4.78 is 1.98. The summed E-state index contributed by atoms with van der Waals surface area (Å²) in [5.41, 5.74) is 7.87. The third kappa shape index (κ3) is 5.80. The van der Waals surface area contributed by atoms with Crippen LogP contribution >= 0.6 is 11.8 Å². The van der Waals surface area contributed by atoms with E-state index >= 15 is 0 Å². The van der Waals surface area contributed by atoms with Crippen LogP contribution < -0.4 is 5.43 Å². The van der Waals surface area contributed by atoms with Crippen LogP contribution in [0.4, 0.5) is 0 Å². The van der Waals surface area contributed by atoms with Gasteiger partial charge in [0.1, 0.15) is 0 Å². The molecule has 1 heterocycles. The van der Waals surface area contributed by atoms with E-state index in [1.807, 2.05) is 78.2 Å². The summed E-state index contributed by atoms with van der Waals surface area (Å²) >= 11 is 1.32. The van der Waals surface area contributed by atoms with Crippen LogP contribution in [-0.2, 0) is 4.79 Å². The van der Waals surface area contributed by atoms with Gasteiger partial charge < -0.3 is 0 Å². The number of carbonyl (C=O) groups is 1. The van der Waals surface area contributed by atoms with Crippen molar-refractivity contribution in [1.29, 1.82) is 0 Å². The largest absolute Gasteiger partial charge is 0.272 e. The van der Waals surface area contributed by atoms with Gasteiger partial charge in [-0.3, -0.25) is 9.36 Å². The summed E-state index contributed by atoms with van der Waals surface area (Å²) in [7, 11) is 0. The van der Waals surface area contributed by atoms with Crippen molar-refractivity contribution < 1.29 is 4.79 Å². The number of nitrogens with one attached hydrogen (secondary N) is 1. The van der Waals surface area contributed by atoms with Crippen molar-refractivity contribution in [1.82, 2.24) is 20.2 Å². The second-order valence-electron chi connectivity index (χ2n) is 8.25. The monoisotopic (exact) mass is 469 g/mol. The van der Waals surface area contributed by atoms with Gasteiger partial charge in [-0.1, -0.05) is 97.9 Å². The van der Waals surface area contributed by atoms with Crippen molar-refractivity contribution in [3.63, 3.8) is 0 Å². The Kier molecular flexibility index (Phi) is 7.54. The molecule has 1 amide bonds. The maximum atomic E-state index is 12.4. The fraction of sp³-hybridized carbons (Fsp3) is 0.185. The molecule has 34 heavy (non-hydrogen) atoms. The highest BCUT2D eigenvalue weighted by molar-refractivity contribution is 7.99. The average Bonchev–Trinajstić information content (AvgIpc) is 3.28. The molecule has 3 aromatic carbocycles. The van der Waals surface area contributed by atoms with E-state index in [0.29, 0.717) is 11.1 Å². The normalized spacial score (nSPS) is 11.3. The van der Waals surface area contributed by atoms with E-state index in [1.165, 1.54) is 22.9 Å². The molecule has 0 aliphatic heterocycles. The fourth-order valence-corrected chi connectivity index (χ4v) is 4.12. The van der Waals surface area contributed by atoms with E-state index in [2.05, 4.69) is 46.7 Å². The van der Waals surface area contributed by atoms with Gasteiger partial charge in [-0.25, -0.2) is 5.43 Å². The second kappa shape index (κ2) is 10.9. The first kappa shape index (κ1) is 23.4. The van der Waals surface area contributed by atoms with Crippen molar-refractivity contribution in [3.05, 3.63) is 95.6 Å². The molecule has 0 saturated heterocycles. The molecule has 0 aliphatic rings.